The topological polar surface area (TPSA) is 53.3 Å². The number of nitrogens with zero attached hydrogens (tertiary/aromatic N) is 1. The van der Waals surface area contributed by atoms with Gasteiger partial charge in [-0.3, -0.25) is 5.84 Å². The van der Waals surface area contributed by atoms with E-state index in [9.17, 15) is 0 Å². The molecule has 1 saturated heterocycles. The van der Waals surface area contributed by atoms with Crippen molar-refractivity contribution in [1.29, 1.82) is 0 Å². The number of hydrogen-bond donors (Lipinski definition) is 3. The average molecular weight is 88.1 g/mol. The molecule has 0 aromatic heterocycles. The van der Waals surface area contributed by atoms with E-state index in [1.807, 2.05) is 0 Å². The first-order valence-corrected chi connectivity index (χ1v) is 1.90. The van der Waals surface area contributed by atoms with Gasteiger partial charge in [0.15, 0.2) is 0 Å². The Bertz CT molecular complexity index is 38.8. The summed E-state index contributed by atoms with van der Waals surface area (Å²) < 4.78 is 0. The van der Waals surface area contributed by atoms with E-state index >= 15 is 0 Å². The largest absolute Gasteiger partial charge is 0.254 e. The smallest absolute Gasteiger partial charge is 0.0438 e. The molecule has 0 aliphatic carbocycles. The van der Waals surface area contributed by atoms with Crippen LogP contribution in [0.1, 0.15) is 0 Å². The van der Waals surface area contributed by atoms with Gasteiger partial charge in [-0.2, -0.15) is 10.7 Å². The van der Waals surface area contributed by atoms with Crippen LogP contribution in [0.3, 0.4) is 0 Å². The molecule has 0 unspecified atom stereocenters. The molecule has 4 heteroatoms. The molecule has 0 amide bonds. The Hall–Kier alpha value is -0.160. The van der Waals surface area contributed by atoms with Crippen LogP contribution in [0, 0.1) is 0 Å². The van der Waals surface area contributed by atoms with Gasteiger partial charge in [0.25, 0.3) is 0 Å². The van der Waals surface area contributed by atoms with E-state index in [0.29, 0.717) is 0 Å². The normalized spacial score (nSPS) is 25.5. The second-order valence-corrected chi connectivity index (χ2v) is 1.23. The van der Waals surface area contributed by atoms with Crippen molar-refractivity contribution in [2.24, 2.45) is 5.84 Å². The minimum absolute atomic E-state index is 0.875. The molecule has 0 bridgehead atoms. The minimum Gasteiger partial charge on any atom is -0.254 e. The Labute approximate surface area is 36.2 Å². The van der Waals surface area contributed by atoms with Crippen LogP contribution in [0.2, 0.25) is 0 Å². The number of rotatable bonds is 0. The highest BCUT2D eigenvalue weighted by Crippen LogP contribution is 1.70. The predicted molar refractivity (Wildman–Crippen MR) is 22.0 cm³/mol. The second kappa shape index (κ2) is 1.53. The standard InChI is InChI=1S/C2H8N4/c3-6-2-1-4-5-6/h4-5H,1-3H2. The molecule has 0 aromatic rings. The number of nitrogens with two attached hydrogens (primary N) is 1. The van der Waals surface area contributed by atoms with Crippen molar-refractivity contribution in [2.45, 2.75) is 0 Å². The second-order valence-electron chi connectivity index (χ2n) is 1.23. The van der Waals surface area contributed by atoms with Gasteiger partial charge < -0.3 is 0 Å². The van der Waals surface area contributed by atoms with E-state index in [2.05, 4.69) is 11.0 Å². The van der Waals surface area contributed by atoms with Crippen molar-refractivity contribution in [3.8, 4) is 0 Å². The monoisotopic (exact) mass is 88.1 g/mol. The van der Waals surface area contributed by atoms with Crippen LogP contribution in [-0.4, -0.2) is 18.2 Å². The molecule has 0 aromatic carbocycles. The van der Waals surface area contributed by atoms with Gasteiger partial charge in [-0.1, -0.05) is 0 Å². The highest BCUT2D eigenvalue weighted by molar-refractivity contribution is 4.48. The van der Waals surface area contributed by atoms with E-state index in [-0.39, 0.29) is 0 Å². The molecule has 4 N–H and O–H groups in total. The molecular formula is C2H8N4. The molecule has 36 valence electrons. The zero-order valence-corrected chi connectivity index (χ0v) is 3.44. The van der Waals surface area contributed by atoms with Crippen molar-refractivity contribution in [2.75, 3.05) is 13.1 Å². The summed E-state index contributed by atoms with van der Waals surface area (Å²) in [5.74, 6) is 5.19. The Kier molecular flexibility index (Phi) is 1.02. The van der Waals surface area contributed by atoms with E-state index in [1.54, 1.807) is 0 Å². The molecule has 4 nitrogen and oxygen atoms in total. The molecular weight excluding hydrogens is 80.1 g/mol. The third-order valence-electron chi connectivity index (χ3n) is 0.700. The zero-order valence-electron chi connectivity index (χ0n) is 3.44. The quantitative estimate of drug-likeness (QED) is 0.305. The minimum atomic E-state index is 0.875. The fourth-order valence-electron chi connectivity index (χ4n) is 0.390. The van der Waals surface area contributed by atoms with Crippen LogP contribution in [-0.2, 0) is 0 Å². The Morgan fingerprint density at radius 3 is 2.67 bits per heavy atom. The van der Waals surface area contributed by atoms with Crippen LogP contribution in [0.4, 0.5) is 0 Å². The lowest BCUT2D eigenvalue weighted by Crippen LogP contribution is -2.40. The SMILES string of the molecule is NN1CCNN1. The fraction of sp³-hybridized carbons (Fsp3) is 1.00. The van der Waals surface area contributed by atoms with Gasteiger partial charge >= 0.3 is 0 Å². The molecule has 0 atom stereocenters. The predicted octanol–water partition coefficient (Wildman–Crippen LogP) is -1.82. The third-order valence-corrected chi connectivity index (χ3v) is 0.700. The molecule has 0 saturated carbocycles. The molecule has 1 fully saturated rings. The van der Waals surface area contributed by atoms with E-state index < -0.39 is 0 Å². The van der Waals surface area contributed by atoms with Crippen molar-refractivity contribution in [3.63, 3.8) is 0 Å². The van der Waals surface area contributed by atoms with Gasteiger partial charge in [-0.25, -0.2) is 5.43 Å². The van der Waals surface area contributed by atoms with Crippen molar-refractivity contribution < 1.29 is 0 Å². The lowest BCUT2D eigenvalue weighted by molar-refractivity contribution is 0.241. The third kappa shape index (κ3) is 0.662. The zero-order chi connectivity index (χ0) is 4.41. The fourth-order valence-corrected chi connectivity index (χ4v) is 0.390. The van der Waals surface area contributed by atoms with Gasteiger partial charge in [0.05, 0.1) is 0 Å². The lowest BCUT2D eigenvalue weighted by atomic mass is 10.7. The maximum Gasteiger partial charge on any atom is 0.0438 e. The first-order chi connectivity index (χ1) is 2.89. The summed E-state index contributed by atoms with van der Waals surface area (Å²) in [4.78, 5) is 0. The average Bonchev–Trinajstić information content (AvgIpc) is 1.86. The maximum absolute atomic E-state index is 5.19. The first kappa shape index (κ1) is 4.01. The highest BCUT2D eigenvalue weighted by atomic mass is 15.8. The van der Waals surface area contributed by atoms with Crippen molar-refractivity contribution in [3.05, 3.63) is 0 Å². The van der Waals surface area contributed by atoms with Crippen LogP contribution < -0.4 is 16.8 Å². The highest BCUT2D eigenvalue weighted by Gasteiger charge is 2.01. The molecule has 0 spiro atoms. The van der Waals surface area contributed by atoms with E-state index in [1.165, 1.54) is 5.12 Å². The van der Waals surface area contributed by atoms with Crippen molar-refractivity contribution >= 4 is 0 Å². The van der Waals surface area contributed by atoms with E-state index in [0.717, 1.165) is 13.1 Å². The van der Waals surface area contributed by atoms with Gasteiger partial charge in [-0.05, 0) is 0 Å². The summed E-state index contributed by atoms with van der Waals surface area (Å²) in [5.41, 5.74) is 5.50. The lowest BCUT2D eigenvalue weighted by Gasteiger charge is -2.01. The van der Waals surface area contributed by atoms with Crippen molar-refractivity contribution in [1.82, 2.24) is 16.1 Å². The Morgan fingerprint density at radius 2 is 2.50 bits per heavy atom. The molecule has 1 rings (SSSR count). The Morgan fingerprint density at radius 1 is 1.67 bits per heavy atom. The maximum atomic E-state index is 5.19. The summed E-state index contributed by atoms with van der Waals surface area (Å²) in [6, 6.07) is 0. The summed E-state index contributed by atoms with van der Waals surface area (Å²) in [6.07, 6.45) is 0. The number of nitrogens with one attached hydrogen (secondary N) is 2. The molecule has 0 radical (unpaired) electrons. The number of hydrazine groups is 3. The van der Waals surface area contributed by atoms with Gasteiger partial charge in [0.1, 0.15) is 0 Å². The summed E-state index contributed by atoms with van der Waals surface area (Å²) in [7, 11) is 0. The van der Waals surface area contributed by atoms with Crippen LogP contribution in [0.5, 0.6) is 0 Å². The first-order valence-electron chi connectivity index (χ1n) is 1.90. The summed E-state index contributed by atoms with van der Waals surface area (Å²) >= 11 is 0. The van der Waals surface area contributed by atoms with Crippen LogP contribution in [0.15, 0.2) is 0 Å². The molecule has 1 aliphatic heterocycles. The van der Waals surface area contributed by atoms with Crippen LogP contribution >= 0.6 is 0 Å². The Balaban J connectivity index is 2.18. The van der Waals surface area contributed by atoms with E-state index in [4.69, 9.17) is 5.84 Å². The molecule has 1 aliphatic rings. The van der Waals surface area contributed by atoms with Crippen LogP contribution in [0.25, 0.3) is 0 Å². The van der Waals surface area contributed by atoms with Gasteiger partial charge in [0.2, 0.25) is 0 Å². The summed E-state index contributed by atoms with van der Waals surface area (Å²) in [5, 5.41) is 1.50. The summed E-state index contributed by atoms with van der Waals surface area (Å²) in [6.45, 7) is 1.80. The van der Waals surface area contributed by atoms with Gasteiger partial charge in [0, 0.05) is 13.1 Å². The number of hydrogen-bond acceptors (Lipinski definition) is 4. The molecule has 6 heavy (non-hydrogen) atoms. The molecule has 1 heterocycles. The van der Waals surface area contributed by atoms with Gasteiger partial charge in [-0.15, -0.1) is 0 Å².